The molecule has 0 fully saturated rings. The Balaban J connectivity index is 2.88. The largest absolute Gasteiger partial charge is 0.228 e. The van der Waals surface area contributed by atoms with Crippen molar-refractivity contribution in [3.8, 4) is 0 Å². The van der Waals surface area contributed by atoms with Crippen LogP contribution in [0.15, 0.2) is 11.1 Å². The van der Waals surface area contributed by atoms with E-state index in [1.807, 2.05) is 13.8 Å². The molecule has 1 aliphatic rings. The summed E-state index contributed by atoms with van der Waals surface area (Å²) in [5.41, 5.74) is 2.29. The molecule has 0 saturated carbocycles. The minimum absolute atomic E-state index is 0.312. The fourth-order valence-corrected chi connectivity index (χ4v) is 3.47. The van der Waals surface area contributed by atoms with Gasteiger partial charge in [-0.05, 0) is 12.8 Å². The molecule has 64 valence electrons. The van der Waals surface area contributed by atoms with Gasteiger partial charge >= 0.3 is 0 Å². The first-order valence-corrected chi connectivity index (χ1v) is 5.81. The normalized spacial score (nSPS) is 22.7. The van der Waals surface area contributed by atoms with E-state index in [4.69, 9.17) is 0 Å². The fourth-order valence-electron chi connectivity index (χ4n) is 1.49. The average molecular weight is 174 g/mol. The van der Waals surface area contributed by atoms with Crippen molar-refractivity contribution in [3.63, 3.8) is 0 Å². The van der Waals surface area contributed by atoms with Crippen molar-refractivity contribution in [2.75, 3.05) is 11.5 Å². The summed E-state index contributed by atoms with van der Waals surface area (Å²) >= 11 is 0. The molecule has 3 heteroatoms. The predicted molar refractivity (Wildman–Crippen MR) is 46.3 cm³/mol. The van der Waals surface area contributed by atoms with Crippen molar-refractivity contribution in [1.29, 1.82) is 0 Å². The fraction of sp³-hybridized carbons (Fsp3) is 0.750. The van der Waals surface area contributed by atoms with Crippen molar-refractivity contribution in [1.82, 2.24) is 0 Å². The highest BCUT2D eigenvalue weighted by atomic mass is 32.2. The summed E-state index contributed by atoms with van der Waals surface area (Å²) in [7, 11) is -2.74. The first-order valence-electron chi connectivity index (χ1n) is 3.99. The Labute approximate surface area is 68.2 Å². The Bertz CT molecular complexity index is 250. The van der Waals surface area contributed by atoms with E-state index in [9.17, 15) is 8.42 Å². The monoisotopic (exact) mass is 174 g/mol. The highest BCUT2D eigenvalue weighted by Gasteiger charge is 2.24. The molecule has 0 atom stereocenters. The van der Waals surface area contributed by atoms with Gasteiger partial charge in [-0.3, -0.25) is 0 Å². The van der Waals surface area contributed by atoms with Crippen LogP contribution in [0.5, 0.6) is 0 Å². The zero-order chi connectivity index (χ0) is 8.48. The van der Waals surface area contributed by atoms with Crippen LogP contribution >= 0.6 is 0 Å². The lowest BCUT2D eigenvalue weighted by Crippen LogP contribution is -2.03. The summed E-state index contributed by atoms with van der Waals surface area (Å²) in [5, 5.41) is 0. The molecule has 11 heavy (non-hydrogen) atoms. The number of sulfone groups is 1. The topological polar surface area (TPSA) is 34.1 Å². The van der Waals surface area contributed by atoms with Gasteiger partial charge in [-0.15, -0.1) is 0 Å². The summed E-state index contributed by atoms with van der Waals surface area (Å²) < 4.78 is 22.3. The van der Waals surface area contributed by atoms with E-state index in [0.29, 0.717) is 11.5 Å². The molecule has 1 aliphatic heterocycles. The molecule has 0 amide bonds. The van der Waals surface area contributed by atoms with Crippen LogP contribution in [0, 0.1) is 0 Å². The lowest BCUT2D eigenvalue weighted by Gasteiger charge is -1.96. The second-order valence-corrected chi connectivity index (χ2v) is 5.01. The van der Waals surface area contributed by atoms with Crippen molar-refractivity contribution in [2.24, 2.45) is 0 Å². The van der Waals surface area contributed by atoms with Crippen molar-refractivity contribution < 1.29 is 8.42 Å². The van der Waals surface area contributed by atoms with Gasteiger partial charge < -0.3 is 0 Å². The van der Waals surface area contributed by atoms with Gasteiger partial charge in [0, 0.05) is 0 Å². The van der Waals surface area contributed by atoms with Crippen LogP contribution in [0.1, 0.15) is 26.7 Å². The zero-order valence-electron chi connectivity index (χ0n) is 7.05. The number of rotatable bonds is 2. The van der Waals surface area contributed by atoms with Gasteiger partial charge in [0.15, 0.2) is 9.84 Å². The molecule has 0 saturated heterocycles. The first kappa shape index (κ1) is 8.78. The number of hydrogen-bond donors (Lipinski definition) is 0. The van der Waals surface area contributed by atoms with Crippen LogP contribution in [-0.2, 0) is 9.84 Å². The molecule has 0 aromatic carbocycles. The molecule has 1 heterocycles. The van der Waals surface area contributed by atoms with Crippen LogP contribution in [0.4, 0.5) is 0 Å². The maximum atomic E-state index is 11.1. The van der Waals surface area contributed by atoms with E-state index in [0.717, 1.165) is 24.0 Å². The zero-order valence-corrected chi connectivity index (χ0v) is 7.87. The van der Waals surface area contributed by atoms with Crippen molar-refractivity contribution in [3.05, 3.63) is 11.1 Å². The lowest BCUT2D eigenvalue weighted by atomic mass is 10.1. The predicted octanol–water partition coefficient (Wildman–Crippen LogP) is 1.53. The third kappa shape index (κ3) is 1.83. The second kappa shape index (κ2) is 2.97. The Hall–Kier alpha value is -0.310. The smallest absolute Gasteiger partial charge is 0.157 e. The molecule has 0 aromatic heterocycles. The Morgan fingerprint density at radius 3 is 1.73 bits per heavy atom. The van der Waals surface area contributed by atoms with E-state index in [-0.39, 0.29) is 0 Å². The molecule has 0 aromatic rings. The first-order chi connectivity index (χ1) is 5.09. The number of hydrogen-bond acceptors (Lipinski definition) is 2. The van der Waals surface area contributed by atoms with E-state index < -0.39 is 9.84 Å². The molecule has 0 aliphatic carbocycles. The van der Waals surface area contributed by atoms with Crippen molar-refractivity contribution in [2.45, 2.75) is 26.7 Å². The highest BCUT2D eigenvalue weighted by molar-refractivity contribution is 7.92. The molecular formula is C8H14O2S. The summed E-state index contributed by atoms with van der Waals surface area (Å²) in [6.45, 7) is 4.04. The van der Waals surface area contributed by atoms with Gasteiger partial charge in [0.05, 0.1) is 11.5 Å². The van der Waals surface area contributed by atoms with Gasteiger partial charge in [0.1, 0.15) is 0 Å². The average Bonchev–Trinajstić information content (AvgIpc) is 2.25. The maximum Gasteiger partial charge on any atom is 0.157 e. The molecule has 2 nitrogen and oxygen atoms in total. The Morgan fingerprint density at radius 2 is 1.45 bits per heavy atom. The Morgan fingerprint density at radius 1 is 1.09 bits per heavy atom. The van der Waals surface area contributed by atoms with E-state index in [1.54, 1.807) is 0 Å². The quantitative estimate of drug-likeness (QED) is 0.595. The minimum Gasteiger partial charge on any atom is -0.228 e. The molecular weight excluding hydrogens is 160 g/mol. The summed E-state index contributed by atoms with van der Waals surface area (Å²) in [5.74, 6) is 0.624. The Kier molecular flexibility index (Phi) is 2.37. The molecule has 0 bridgehead atoms. The maximum absolute atomic E-state index is 11.1. The molecule has 0 radical (unpaired) electrons. The van der Waals surface area contributed by atoms with Crippen LogP contribution in [0.2, 0.25) is 0 Å². The highest BCUT2D eigenvalue weighted by Crippen LogP contribution is 2.23. The molecule has 0 unspecified atom stereocenters. The third-order valence-electron chi connectivity index (χ3n) is 2.14. The van der Waals surface area contributed by atoms with E-state index in [2.05, 4.69) is 0 Å². The van der Waals surface area contributed by atoms with Crippen LogP contribution in [0.3, 0.4) is 0 Å². The third-order valence-corrected chi connectivity index (χ3v) is 3.72. The summed E-state index contributed by atoms with van der Waals surface area (Å²) in [6.07, 6.45) is 1.78. The summed E-state index contributed by atoms with van der Waals surface area (Å²) in [6, 6.07) is 0. The SMILES string of the molecule is CCC1=C(CC)CS(=O)(=O)C1. The van der Waals surface area contributed by atoms with Crippen LogP contribution in [0.25, 0.3) is 0 Å². The van der Waals surface area contributed by atoms with Crippen LogP contribution in [-0.4, -0.2) is 19.9 Å². The van der Waals surface area contributed by atoms with Gasteiger partial charge in [-0.1, -0.05) is 25.0 Å². The standard InChI is InChI=1S/C8H14O2S/c1-3-7-5-11(9,10)6-8(7)4-2/h3-6H2,1-2H3. The lowest BCUT2D eigenvalue weighted by molar-refractivity contribution is 0.602. The van der Waals surface area contributed by atoms with E-state index in [1.165, 1.54) is 0 Å². The van der Waals surface area contributed by atoms with Gasteiger partial charge in [0.2, 0.25) is 0 Å². The summed E-state index contributed by atoms with van der Waals surface area (Å²) in [4.78, 5) is 0. The molecule has 1 rings (SSSR count). The van der Waals surface area contributed by atoms with Gasteiger partial charge in [0.25, 0.3) is 0 Å². The molecule has 0 spiro atoms. The second-order valence-electron chi connectivity index (χ2n) is 2.95. The van der Waals surface area contributed by atoms with Gasteiger partial charge in [-0.2, -0.15) is 0 Å². The minimum atomic E-state index is -2.74. The van der Waals surface area contributed by atoms with Gasteiger partial charge in [-0.25, -0.2) is 8.42 Å². The molecule has 0 N–H and O–H groups in total. The van der Waals surface area contributed by atoms with E-state index >= 15 is 0 Å². The van der Waals surface area contributed by atoms with Crippen LogP contribution < -0.4 is 0 Å². The van der Waals surface area contributed by atoms with Crippen molar-refractivity contribution >= 4 is 9.84 Å².